The summed E-state index contributed by atoms with van der Waals surface area (Å²) in [5, 5.41) is 3.22. The van der Waals surface area contributed by atoms with Gasteiger partial charge in [0.25, 0.3) is 5.88 Å². The lowest BCUT2D eigenvalue weighted by molar-refractivity contribution is -0.124. The molecule has 0 saturated heterocycles. The van der Waals surface area contributed by atoms with Crippen LogP contribution < -0.4 is 10.1 Å². The average Bonchev–Trinajstić information content (AvgIpc) is 3.29. The second kappa shape index (κ2) is 9.74. The van der Waals surface area contributed by atoms with Gasteiger partial charge in [0.2, 0.25) is 11.9 Å². The van der Waals surface area contributed by atoms with Crippen molar-refractivity contribution in [2.24, 2.45) is 0 Å². The highest BCUT2D eigenvalue weighted by Crippen LogP contribution is 2.33. The summed E-state index contributed by atoms with van der Waals surface area (Å²) in [4.78, 5) is 30.2. The molecular weight excluding hydrogens is 428 g/mol. The topological polar surface area (TPSA) is 96.0 Å². The summed E-state index contributed by atoms with van der Waals surface area (Å²) in [6.45, 7) is 8.58. The van der Waals surface area contributed by atoms with E-state index in [2.05, 4.69) is 25.3 Å². The van der Waals surface area contributed by atoms with Crippen molar-refractivity contribution < 1.29 is 9.53 Å². The Kier molecular flexibility index (Phi) is 6.58. The molecule has 2 aromatic heterocycles. The number of nitrogens with one attached hydrogen (secondary N) is 2. The number of hydrogen-bond acceptors (Lipinski definition) is 6. The number of amides is 1. The summed E-state index contributed by atoms with van der Waals surface area (Å²) in [5.41, 5.74) is 5.95. The van der Waals surface area contributed by atoms with Gasteiger partial charge in [-0.05, 0) is 74.7 Å². The molecule has 0 radical (unpaired) electrons. The maximum absolute atomic E-state index is 12.1. The number of H-pyrrole nitrogens is 1. The number of carbonyl (C=O) groups excluding carboxylic acids is 1. The van der Waals surface area contributed by atoms with E-state index in [1.54, 1.807) is 24.4 Å². The van der Waals surface area contributed by atoms with Crippen LogP contribution in [0.25, 0.3) is 17.2 Å². The summed E-state index contributed by atoms with van der Waals surface area (Å²) in [5.74, 6) is 1.44. The van der Waals surface area contributed by atoms with Gasteiger partial charge >= 0.3 is 0 Å². The molecule has 0 aliphatic rings. The first-order valence-corrected chi connectivity index (χ1v) is 11.1. The minimum atomic E-state index is -0.0330. The maximum Gasteiger partial charge on any atom is 0.250 e. The number of aryl methyl sites for hydroxylation is 3. The minimum absolute atomic E-state index is 0.0330. The van der Waals surface area contributed by atoms with Crippen LogP contribution in [0.4, 0.5) is 11.6 Å². The quantitative estimate of drug-likeness (QED) is 0.366. The summed E-state index contributed by atoms with van der Waals surface area (Å²) in [6.07, 6.45) is 4.97. The fourth-order valence-electron chi connectivity index (χ4n) is 3.49. The van der Waals surface area contributed by atoms with Crippen LogP contribution in [0.3, 0.4) is 0 Å². The van der Waals surface area contributed by atoms with Crippen molar-refractivity contribution in [3.05, 3.63) is 71.1 Å². The molecule has 2 heterocycles. The molecule has 0 aliphatic carbocycles. The van der Waals surface area contributed by atoms with Crippen LogP contribution in [0.15, 0.2) is 48.8 Å². The Hall–Kier alpha value is -4.20. The Morgan fingerprint density at radius 2 is 1.82 bits per heavy atom. The van der Waals surface area contributed by atoms with Crippen LogP contribution in [-0.2, 0) is 4.79 Å². The molecule has 2 aromatic carbocycles. The number of rotatable bonds is 7. The Balaban J connectivity index is 1.63. The van der Waals surface area contributed by atoms with E-state index in [1.807, 2.05) is 70.2 Å². The molecule has 8 nitrogen and oxygen atoms in total. The first-order valence-electron chi connectivity index (χ1n) is 11.1. The van der Waals surface area contributed by atoms with Gasteiger partial charge in [0, 0.05) is 25.4 Å². The molecule has 0 fully saturated rings. The summed E-state index contributed by atoms with van der Waals surface area (Å²) < 4.78 is 6.28. The van der Waals surface area contributed by atoms with E-state index >= 15 is 0 Å². The van der Waals surface area contributed by atoms with Crippen molar-refractivity contribution in [3.8, 4) is 11.6 Å². The van der Waals surface area contributed by atoms with E-state index < -0.39 is 0 Å². The number of nitrogens with zero attached hydrogens (tertiary/aromatic N) is 4. The fraction of sp³-hybridized carbons (Fsp3) is 0.231. The molecule has 174 valence electrons. The zero-order valence-corrected chi connectivity index (χ0v) is 20.0. The number of carbonyl (C=O) groups is 1. The third kappa shape index (κ3) is 5.06. The largest absolute Gasteiger partial charge is 0.436 e. The van der Waals surface area contributed by atoms with Gasteiger partial charge < -0.3 is 19.9 Å². The number of likely N-dealkylation sites (N-methyl/N-ethyl adjacent to an activating group) is 1. The van der Waals surface area contributed by atoms with Gasteiger partial charge in [-0.25, -0.2) is 4.98 Å². The molecule has 4 aromatic rings. The van der Waals surface area contributed by atoms with Crippen LogP contribution in [0.5, 0.6) is 11.6 Å². The first-order chi connectivity index (χ1) is 16.3. The normalized spacial score (nSPS) is 11.2. The van der Waals surface area contributed by atoms with Gasteiger partial charge in [0.1, 0.15) is 11.3 Å². The monoisotopic (exact) mass is 456 g/mol. The summed E-state index contributed by atoms with van der Waals surface area (Å²) in [7, 11) is 1.78. The highest BCUT2D eigenvalue weighted by atomic mass is 16.5. The lowest BCUT2D eigenvalue weighted by Crippen LogP contribution is -2.23. The van der Waals surface area contributed by atoms with Crippen molar-refractivity contribution in [1.29, 1.82) is 0 Å². The van der Waals surface area contributed by atoms with Gasteiger partial charge in [0.05, 0.1) is 6.33 Å². The number of imidazole rings is 1. The predicted octanol–water partition coefficient (Wildman–Crippen LogP) is 5.31. The number of benzene rings is 2. The van der Waals surface area contributed by atoms with Crippen molar-refractivity contribution in [2.75, 3.05) is 18.9 Å². The third-order valence-electron chi connectivity index (χ3n) is 5.51. The molecule has 2 N–H and O–H groups in total. The van der Waals surface area contributed by atoms with Crippen LogP contribution in [-0.4, -0.2) is 44.3 Å². The zero-order chi connectivity index (χ0) is 24.2. The molecule has 0 spiro atoms. The van der Waals surface area contributed by atoms with Crippen LogP contribution in [0, 0.1) is 20.8 Å². The zero-order valence-electron chi connectivity index (χ0n) is 20.0. The molecule has 0 saturated carbocycles. The second-order valence-corrected chi connectivity index (χ2v) is 8.22. The van der Waals surface area contributed by atoms with E-state index in [9.17, 15) is 4.79 Å². The van der Waals surface area contributed by atoms with Gasteiger partial charge in [-0.15, -0.1) is 0 Å². The molecule has 4 rings (SSSR count). The number of aromatic amines is 1. The molecule has 0 unspecified atom stereocenters. The first kappa shape index (κ1) is 23.0. The average molecular weight is 457 g/mol. The highest BCUT2D eigenvalue weighted by molar-refractivity contribution is 5.91. The van der Waals surface area contributed by atoms with Crippen molar-refractivity contribution >= 4 is 34.8 Å². The number of aromatic nitrogens is 4. The predicted molar refractivity (Wildman–Crippen MR) is 134 cm³/mol. The molecule has 0 bridgehead atoms. The van der Waals surface area contributed by atoms with Crippen molar-refractivity contribution in [2.45, 2.75) is 27.7 Å². The molecular formula is C26H28N6O2. The molecule has 0 atom stereocenters. The smallest absolute Gasteiger partial charge is 0.250 e. The van der Waals surface area contributed by atoms with Gasteiger partial charge in [-0.1, -0.05) is 17.7 Å². The lowest BCUT2D eigenvalue weighted by atomic mass is 10.1. The van der Waals surface area contributed by atoms with E-state index in [0.717, 1.165) is 22.4 Å². The Bertz CT molecular complexity index is 1330. The molecule has 1 amide bonds. The number of anilines is 2. The van der Waals surface area contributed by atoms with Crippen molar-refractivity contribution in [1.82, 2.24) is 24.8 Å². The highest BCUT2D eigenvalue weighted by Gasteiger charge is 2.15. The number of ether oxygens (including phenoxy) is 1. The van der Waals surface area contributed by atoms with Gasteiger partial charge in [0.15, 0.2) is 5.65 Å². The Labute approximate surface area is 198 Å². The molecule has 34 heavy (non-hydrogen) atoms. The Morgan fingerprint density at radius 1 is 1.12 bits per heavy atom. The van der Waals surface area contributed by atoms with Crippen LogP contribution >= 0.6 is 0 Å². The second-order valence-electron chi connectivity index (χ2n) is 8.22. The minimum Gasteiger partial charge on any atom is -0.436 e. The van der Waals surface area contributed by atoms with E-state index in [-0.39, 0.29) is 5.91 Å². The van der Waals surface area contributed by atoms with Gasteiger partial charge in [-0.3, -0.25) is 4.79 Å². The third-order valence-corrected chi connectivity index (χ3v) is 5.51. The SMILES string of the molecule is CCN(C)C(=O)/C=C/c1cc(C)c(Oc2nc(Nc3ccc(C)cc3)nc3nc[nH]c23)c(C)c1. The van der Waals surface area contributed by atoms with Crippen molar-refractivity contribution in [3.63, 3.8) is 0 Å². The summed E-state index contributed by atoms with van der Waals surface area (Å²) >= 11 is 0. The molecule has 8 heteroatoms. The standard InChI is InChI=1S/C26H28N6O2/c1-6-32(5)21(33)12-9-19-13-17(3)23(18(4)14-19)34-25-22-24(28-15-27-22)30-26(31-25)29-20-10-7-16(2)8-11-20/h7-15H,6H2,1-5H3,(H2,27,28,29,30,31)/b12-9+. The Morgan fingerprint density at radius 3 is 2.50 bits per heavy atom. The molecule has 0 aliphatic heterocycles. The number of hydrogen-bond donors (Lipinski definition) is 2. The summed E-state index contributed by atoms with van der Waals surface area (Å²) in [6, 6.07) is 11.9. The van der Waals surface area contributed by atoms with Crippen LogP contribution in [0.1, 0.15) is 29.2 Å². The van der Waals surface area contributed by atoms with Gasteiger partial charge in [-0.2, -0.15) is 9.97 Å². The van der Waals surface area contributed by atoms with E-state index in [1.165, 1.54) is 5.56 Å². The van der Waals surface area contributed by atoms with E-state index in [0.29, 0.717) is 35.3 Å². The lowest BCUT2D eigenvalue weighted by Gasteiger charge is -2.14. The van der Waals surface area contributed by atoms with Crippen LogP contribution in [0.2, 0.25) is 0 Å². The maximum atomic E-state index is 12.1. The van der Waals surface area contributed by atoms with E-state index in [4.69, 9.17) is 4.74 Å². The fourth-order valence-corrected chi connectivity index (χ4v) is 3.49. The number of fused-ring (bicyclic) bond motifs is 1.